The van der Waals surface area contributed by atoms with Gasteiger partial charge in [-0.25, -0.2) is 4.98 Å². The molecule has 4 nitrogen and oxygen atoms in total. The third-order valence-electron chi connectivity index (χ3n) is 1.99. The molecular formula is C11H10BrN3O. The number of halogens is 1. The molecule has 2 N–H and O–H groups in total. The first kappa shape index (κ1) is 10.9. The van der Waals surface area contributed by atoms with Crippen molar-refractivity contribution < 1.29 is 4.74 Å². The normalized spacial score (nSPS) is 10.1. The second-order valence-electron chi connectivity index (χ2n) is 3.25. The second-order valence-corrected chi connectivity index (χ2v) is 4.10. The van der Waals surface area contributed by atoms with Crippen LogP contribution in [0.5, 0.6) is 11.6 Å². The Bertz CT molecular complexity index is 516. The molecule has 0 unspecified atom stereocenters. The minimum Gasteiger partial charge on any atom is -0.437 e. The van der Waals surface area contributed by atoms with Crippen molar-refractivity contribution in [1.29, 1.82) is 0 Å². The van der Waals surface area contributed by atoms with E-state index in [0.29, 0.717) is 11.6 Å². The Balaban J connectivity index is 2.34. The minimum absolute atomic E-state index is 0.202. The lowest BCUT2D eigenvalue weighted by atomic mass is 10.3. The molecule has 0 aliphatic rings. The molecule has 0 fully saturated rings. The van der Waals surface area contributed by atoms with Crippen molar-refractivity contribution in [1.82, 2.24) is 9.97 Å². The third-order valence-corrected chi connectivity index (χ3v) is 2.64. The number of ether oxygens (including phenoxy) is 1. The summed E-state index contributed by atoms with van der Waals surface area (Å²) in [5.74, 6) is 1.37. The SMILES string of the molecule is Cc1cnc(N)nc1Oc1ccccc1Br. The van der Waals surface area contributed by atoms with E-state index in [1.807, 2.05) is 31.2 Å². The molecule has 2 rings (SSSR count). The van der Waals surface area contributed by atoms with E-state index in [-0.39, 0.29) is 5.95 Å². The number of aryl methyl sites for hydroxylation is 1. The fourth-order valence-corrected chi connectivity index (χ4v) is 1.54. The van der Waals surface area contributed by atoms with Gasteiger partial charge >= 0.3 is 0 Å². The number of nitrogens with zero attached hydrogens (tertiary/aromatic N) is 2. The van der Waals surface area contributed by atoms with Crippen LogP contribution in [0.15, 0.2) is 34.9 Å². The zero-order valence-corrected chi connectivity index (χ0v) is 10.2. The molecule has 5 heteroatoms. The van der Waals surface area contributed by atoms with Crippen molar-refractivity contribution in [3.8, 4) is 11.6 Å². The second kappa shape index (κ2) is 4.49. The average Bonchev–Trinajstić information content (AvgIpc) is 2.27. The lowest BCUT2D eigenvalue weighted by Crippen LogP contribution is -1.99. The van der Waals surface area contributed by atoms with Crippen molar-refractivity contribution in [2.75, 3.05) is 5.73 Å². The largest absolute Gasteiger partial charge is 0.437 e. The Morgan fingerprint density at radius 2 is 2.06 bits per heavy atom. The number of hydrogen-bond acceptors (Lipinski definition) is 4. The van der Waals surface area contributed by atoms with Crippen LogP contribution in [-0.4, -0.2) is 9.97 Å². The Kier molecular flexibility index (Phi) is 3.05. The predicted octanol–water partition coefficient (Wildman–Crippen LogP) is 2.92. The molecule has 2 aromatic rings. The topological polar surface area (TPSA) is 61.0 Å². The summed E-state index contributed by atoms with van der Waals surface area (Å²) in [7, 11) is 0. The van der Waals surface area contributed by atoms with Crippen LogP contribution in [0.25, 0.3) is 0 Å². The molecule has 0 saturated heterocycles. The van der Waals surface area contributed by atoms with Gasteiger partial charge in [0, 0.05) is 11.8 Å². The van der Waals surface area contributed by atoms with Crippen LogP contribution in [-0.2, 0) is 0 Å². The van der Waals surface area contributed by atoms with Gasteiger partial charge in [0.25, 0.3) is 0 Å². The molecule has 0 spiro atoms. The maximum absolute atomic E-state index is 5.64. The standard InChI is InChI=1S/C11H10BrN3O/c1-7-6-14-11(13)15-10(7)16-9-5-3-2-4-8(9)12/h2-6H,1H3,(H2,13,14,15). The van der Waals surface area contributed by atoms with Gasteiger partial charge in [-0.2, -0.15) is 4.98 Å². The van der Waals surface area contributed by atoms with Gasteiger partial charge in [0.1, 0.15) is 5.75 Å². The van der Waals surface area contributed by atoms with Crippen LogP contribution in [0.1, 0.15) is 5.56 Å². The minimum atomic E-state index is 0.202. The summed E-state index contributed by atoms with van der Waals surface area (Å²) in [6.07, 6.45) is 1.63. The van der Waals surface area contributed by atoms with E-state index in [1.165, 1.54) is 0 Å². The number of nitrogen functional groups attached to an aromatic ring is 1. The Morgan fingerprint density at radius 3 is 2.81 bits per heavy atom. The molecule has 82 valence electrons. The molecule has 0 amide bonds. The molecule has 1 heterocycles. The summed E-state index contributed by atoms with van der Waals surface area (Å²) in [5.41, 5.74) is 6.34. The highest BCUT2D eigenvalue weighted by Crippen LogP contribution is 2.29. The van der Waals surface area contributed by atoms with E-state index in [4.69, 9.17) is 10.5 Å². The zero-order chi connectivity index (χ0) is 11.5. The van der Waals surface area contributed by atoms with Crippen LogP contribution >= 0.6 is 15.9 Å². The van der Waals surface area contributed by atoms with E-state index in [0.717, 1.165) is 10.0 Å². The molecule has 1 aromatic carbocycles. The first-order chi connectivity index (χ1) is 7.66. The summed E-state index contributed by atoms with van der Waals surface area (Å²) < 4.78 is 6.51. The van der Waals surface area contributed by atoms with Gasteiger partial charge in [-0.05, 0) is 35.0 Å². The molecule has 0 aliphatic carbocycles. The quantitative estimate of drug-likeness (QED) is 0.918. The van der Waals surface area contributed by atoms with Gasteiger partial charge in [-0.15, -0.1) is 0 Å². The van der Waals surface area contributed by atoms with Gasteiger partial charge in [0.15, 0.2) is 0 Å². The Hall–Kier alpha value is -1.62. The predicted molar refractivity (Wildman–Crippen MR) is 65.4 cm³/mol. The van der Waals surface area contributed by atoms with Gasteiger partial charge in [-0.1, -0.05) is 12.1 Å². The lowest BCUT2D eigenvalue weighted by molar-refractivity contribution is 0.455. The summed E-state index contributed by atoms with van der Waals surface area (Å²) in [5, 5.41) is 0. The number of aromatic nitrogens is 2. The lowest BCUT2D eigenvalue weighted by Gasteiger charge is -2.08. The summed E-state index contributed by atoms with van der Waals surface area (Å²) in [6.45, 7) is 1.87. The fourth-order valence-electron chi connectivity index (χ4n) is 1.17. The fraction of sp³-hybridized carbons (Fsp3) is 0.0909. The number of anilines is 1. The molecule has 0 saturated carbocycles. The number of nitrogens with two attached hydrogens (primary N) is 1. The first-order valence-corrected chi connectivity index (χ1v) is 5.47. The molecule has 0 atom stereocenters. The van der Waals surface area contributed by atoms with Crippen molar-refractivity contribution in [2.45, 2.75) is 6.92 Å². The van der Waals surface area contributed by atoms with Crippen LogP contribution in [0.4, 0.5) is 5.95 Å². The summed E-state index contributed by atoms with van der Waals surface area (Å²) >= 11 is 3.40. The number of rotatable bonds is 2. The molecule has 0 aliphatic heterocycles. The monoisotopic (exact) mass is 279 g/mol. The third kappa shape index (κ3) is 2.30. The highest BCUT2D eigenvalue weighted by atomic mass is 79.9. The van der Waals surface area contributed by atoms with Crippen LogP contribution in [0, 0.1) is 6.92 Å². The van der Waals surface area contributed by atoms with Crippen molar-refractivity contribution in [2.24, 2.45) is 0 Å². The van der Waals surface area contributed by atoms with Gasteiger partial charge < -0.3 is 10.5 Å². The molecule has 0 radical (unpaired) electrons. The van der Waals surface area contributed by atoms with E-state index in [1.54, 1.807) is 6.20 Å². The van der Waals surface area contributed by atoms with Crippen LogP contribution in [0.3, 0.4) is 0 Å². The van der Waals surface area contributed by atoms with Crippen LogP contribution in [0.2, 0.25) is 0 Å². The Morgan fingerprint density at radius 1 is 1.31 bits per heavy atom. The summed E-state index contributed by atoms with van der Waals surface area (Å²) in [6, 6.07) is 7.55. The van der Waals surface area contributed by atoms with E-state index < -0.39 is 0 Å². The van der Waals surface area contributed by atoms with Gasteiger partial charge in [0.2, 0.25) is 11.8 Å². The van der Waals surface area contributed by atoms with E-state index in [9.17, 15) is 0 Å². The van der Waals surface area contributed by atoms with Crippen molar-refractivity contribution >= 4 is 21.9 Å². The average molecular weight is 280 g/mol. The smallest absolute Gasteiger partial charge is 0.227 e. The number of hydrogen-bond donors (Lipinski definition) is 1. The first-order valence-electron chi connectivity index (χ1n) is 4.68. The molecule has 16 heavy (non-hydrogen) atoms. The molecular weight excluding hydrogens is 270 g/mol. The van der Waals surface area contributed by atoms with Gasteiger partial charge in [-0.3, -0.25) is 0 Å². The Labute approximate surface area is 102 Å². The molecule has 1 aromatic heterocycles. The summed E-state index contributed by atoms with van der Waals surface area (Å²) in [4.78, 5) is 7.91. The highest BCUT2D eigenvalue weighted by Gasteiger charge is 2.06. The van der Waals surface area contributed by atoms with Crippen LogP contribution < -0.4 is 10.5 Å². The van der Waals surface area contributed by atoms with E-state index in [2.05, 4.69) is 25.9 Å². The number of benzene rings is 1. The van der Waals surface area contributed by atoms with Crippen molar-refractivity contribution in [3.05, 3.63) is 40.5 Å². The van der Waals surface area contributed by atoms with Gasteiger partial charge in [0.05, 0.1) is 4.47 Å². The number of para-hydroxylation sites is 1. The zero-order valence-electron chi connectivity index (χ0n) is 8.64. The maximum Gasteiger partial charge on any atom is 0.227 e. The maximum atomic E-state index is 5.64. The van der Waals surface area contributed by atoms with Crippen molar-refractivity contribution in [3.63, 3.8) is 0 Å². The molecule has 0 bridgehead atoms. The highest BCUT2D eigenvalue weighted by molar-refractivity contribution is 9.10. The van der Waals surface area contributed by atoms with E-state index >= 15 is 0 Å².